The van der Waals surface area contributed by atoms with Crippen LogP contribution in [-0.4, -0.2) is 193 Å². The Morgan fingerprint density at radius 3 is 1.71 bits per heavy atom. The number of imidazole rings is 1. The van der Waals surface area contributed by atoms with Crippen molar-refractivity contribution in [2.75, 3.05) is 20.3 Å². The van der Waals surface area contributed by atoms with E-state index in [-0.39, 0.29) is 32.1 Å². The number of ether oxygens (including phenoxy) is 1. The summed E-state index contributed by atoms with van der Waals surface area (Å²) in [5.74, 6) is -17.9. The highest BCUT2D eigenvalue weighted by Crippen LogP contribution is 2.30. The summed E-state index contributed by atoms with van der Waals surface area (Å²) in [6.45, 7) is 7.80. The fourth-order valence-corrected chi connectivity index (χ4v) is 11.8. The predicted octanol–water partition coefficient (Wildman–Crippen LogP) is 0.777. The van der Waals surface area contributed by atoms with Gasteiger partial charge in [-0.25, -0.2) is 13.8 Å². The number of H-pyrrole nitrogens is 1. The molecule has 6 rings (SSSR count). The van der Waals surface area contributed by atoms with Gasteiger partial charge in [0.2, 0.25) is 65.0 Å². The minimum Gasteiger partial charge on any atom is -0.497 e. The molecule has 19 N–H and O–H groups in total. The van der Waals surface area contributed by atoms with Crippen molar-refractivity contribution < 1.29 is 96.3 Å². The van der Waals surface area contributed by atoms with E-state index in [9.17, 15) is 82.8 Å². The molecule has 111 heavy (non-hydrogen) atoms. The lowest BCUT2D eigenvalue weighted by Crippen LogP contribution is -2.66. The molecule has 0 bridgehead atoms. The molecule has 10 atom stereocenters. The Kier molecular flexibility index (Phi) is 32.4. The smallest absolute Gasteiger partial charge is 0.305 e. The third-order valence-electron chi connectivity index (χ3n) is 18.2. The number of methoxy groups -OCH3 is 1. The number of aromatic nitrogens is 2. The van der Waals surface area contributed by atoms with Gasteiger partial charge in [-0.15, -0.1) is 0 Å². The minimum atomic E-state index is -2.56. The number of hydrogen-bond acceptors (Lipinski definition) is 18. The van der Waals surface area contributed by atoms with E-state index < -0.39 is 192 Å². The number of carbonyl (C=O) groups excluding carboxylic acids is 11. The monoisotopic (exact) mass is 1540 g/mol. The van der Waals surface area contributed by atoms with E-state index in [1.807, 2.05) is 62.4 Å². The molecule has 0 unspecified atom stereocenters. The van der Waals surface area contributed by atoms with E-state index in [1.165, 1.54) is 26.4 Å². The van der Waals surface area contributed by atoms with Gasteiger partial charge < -0.3 is 94.8 Å². The number of primary amides is 1. The highest BCUT2D eigenvalue weighted by molar-refractivity contribution is 6.01. The zero-order valence-electron chi connectivity index (χ0n) is 62.6. The van der Waals surface area contributed by atoms with E-state index in [0.717, 1.165) is 65.4 Å². The van der Waals surface area contributed by atoms with E-state index in [2.05, 4.69) is 63.1 Å². The van der Waals surface area contributed by atoms with Crippen molar-refractivity contribution in [3.05, 3.63) is 167 Å². The second-order valence-corrected chi connectivity index (χ2v) is 27.4. The first kappa shape index (κ1) is 87.9. The lowest BCUT2D eigenvalue weighted by molar-refractivity contribution is -0.142. The largest absolute Gasteiger partial charge is 0.497 e. The number of aliphatic hydroxyl groups excluding tert-OH is 2. The fraction of sp³-hybridized carbons (Fsp3) is 0.403. The number of halogens is 2. The Labute approximate surface area is 638 Å². The maximum Gasteiger partial charge on any atom is 0.305 e. The molecule has 6 aromatic rings. The van der Waals surface area contributed by atoms with Crippen LogP contribution in [0.25, 0.3) is 22.3 Å². The number of aliphatic carboxylic acids is 2. The van der Waals surface area contributed by atoms with Crippen LogP contribution in [0.4, 0.5) is 8.78 Å². The van der Waals surface area contributed by atoms with Gasteiger partial charge >= 0.3 is 11.9 Å². The van der Waals surface area contributed by atoms with Gasteiger partial charge in [-0.1, -0.05) is 112 Å². The number of aromatic amines is 1. The maximum absolute atomic E-state index is 15.6. The van der Waals surface area contributed by atoms with Gasteiger partial charge in [0.25, 0.3) is 0 Å². The molecule has 0 saturated heterocycles. The number of aryl methyl sites for hydroxylation is 2. The Morgan fingerprint density at radius 2 is 1.16 bits per heavy atom. The summed E-state index contributed by atoms with van der Waals surface area (Å²) in [6, 6.07) is 15.9. The standard InChI is InChI=1S/C77H96F2N14O18/c1-9-11-19-56(85-62(96)38-83-68(103)59(34-63(97)98)90-74(109)76(5,6)92-67(102)55(80)33-48-37-82-40-84-48)72(107)93-77(7,36-52-53(78)17-14-18-54(52)79)75(110)91-65(42(4)95)73(108)89-61(39-94)71(106)88-60(35-64(99)100)70(105)87-58(31-44-22-26-47(27-23-44)51-29-28-49(111-8)32-45(51)10-2)69(104)86-57(66(81)101)30-43-20-24-46(25-21-43)50-16-13-12-15-41(50)3/h12-18,20-29,32,37,40,42,55-61,65,94-95H,9-11,19,30-31,33-36,38-39,80H2,1-8H3,(H2,81,101)(H,82,84)(H,83,103)(H,85,96)(H,86,104)(H,87,105)(H,88,106)(H,89,108)(H,90,109)(H,91,110)(H,92,102)(H,93,107)(H,97,98)(H,99,100)/t42-,55+,56+,57+,58+,59+,60+,61+,65+,77-/m1/s1. The van der Waals surface area contributed by atoms with Crippen molar-refractivity contribution in [1.29, 1.82) is 0 Å². The first-order valence-electron chi connectivity index (χ1n) is 35.6. The molecule has 0 aliphatic rings. The zero-order chi connectivity index (χ0) is 82.0. The molecular weight excluding hydrogens is 1450 g/mol. The molecule has 5 aromatic carbocycles. The molecule has 11 amide bonds. The van der Waals surface area contributed by atoms with E-state index in [0.29, 0.717) is 35.4 Å². The summed E-state index contributed by atoms with van der Waals surface area (Å²) in [4.78, 5) is 184. The number of aliphatic hydroxyl groups is 2. The number of carboxylic acids is 2. The van der Waals surface area contributed by atoms with E-state index >= 15 is 8.78 Å². The number of nitrogens with one attached hydrogen (secondary N) is 11. The normalized spacial score (nSPS) is 14.2. The number of nitrogens with two attached hydrogens (primary N) is 2. The molecule has 34 heteroatoms. The van der Waals surface area contributed by atoms with Crippen molar-refractivity contribution in [2.45, 2.75) is 178 Å². The summed E-state index contributed by atoms with van der Waals surface area (Å²) in [7, 11) is 1.54. The molecule has 0 aliphatic heterocycles. The quantitative estimate of drug-likeness (QED) is 0.0252. The number of benzene rings is 5. The Hall–Kier alpha value is -12.0. The van der Waals surface area contributed by atoms with Crippen molar-refractivity contribution >= 4 is 76.9 Å². The number of carbonyl (C=O) groups is 13. The van der Waals surface area contributed by atoms with Crippen LogP contribution in [0.3, 0.4) is 0 Å². The summed E-state index contributed by atoms with van der Waals surface area (Å²) in [6.07, 6.45) is -1.79. The molecule has 0 fully saturated rings. The maximum atomic E-state index is 15.6. The summed E-state index contributed by atoms with van der Waals surface area (Å²) in [5, 5.41) is 64.6. The van der Waals surface area contributed by atoms with Gasteiger partial charge in [0.15, 0.2) is 0 Å². The Balaban J connectivity index is 1.19. The van der Waals surface area contributed by atoms with Gasteiger partial charge in [-0.2, -0.15) is 0 Å². The predicted molar refractivity (Wildman–Crippen MR) is 399 cm³/mol. The average molecular weight is 1540 g/mol. The van der Waals surface area contributed by atoms with Crippen molar-refractivity contribution in [2.24, 2.45) is 11.5 Å². The van der Waals surface area contributed by atoms with Gasteiger partial charge in [-0.3, -0.25) is 62.3 Å². The molecule has 0 radical (unpaired) electrons. The molecule has 0 saturated carbocycles. The zero-order valence-corrected chi connectivity index (χ0v) is 62.6. The highest BCUT2D eigenvalue weighted by atomic mass is 19.1. The lowest BCUT2D eigenvalue weighted by atomic mass is 9.89. The summed E-state index contributed by atoms with van der Waals surface area (Å²) < 4.78 is 36.6. The molecule has 1 heterocycles. The molecule has 0 aliphatic carbocycles. The fourth-order valence-electron chi connectivity index (χ4n) is 11.8. The number of carboxylic acid groups (broad SMARTS) is 2. The number of nitrogens with zero attached hydrogens (tertiary/aromatic N) is 1. The number of unbranched alkanes of at least 4 members (excludes halogenated alkanes) is 1. The minimum absolute atomic E-state index is 0.00203. The topological polar surface area (TPSA) is 513 Å². The molecule has 32 nitrogen and oxygen atoms in total. The summed E-state index contributed by atoms with van der Waals surface area (Å²) in [5.41, 5.74) is 13.7. The van der Waals surface area contributed by atoms with Crippen LogP contribution < -0.4 is 69.4 Å². The third kappa shape index (κ3) is 25.8. The SMILES string of the molecule is CCCC[C@H](NC(=O)CNC(=O)[C@H](CC(=O)O)NC(=O)C(C)(C)NC(=O)[C@@H](N)Cc1cnc[nH]1)C(=O)N[C@](C)(Cc1c(F)cccc1F)C(=O)N[C@H](C(=O)N[C@@H](CO)C(=O)N[C@@H](CC(=O)O)C(=O)N[C@@H](Cc1ccc(-c2ccc(OC)cc2CC)cc1)C(=O)N[C@@H](Cc1ccc(-c2ccccc2C)cc1)C(N)=O)[C@@H](C)O. The highest BCUT2D eigenvalue weighted by Gasteiger charge is 2.43. The second-order valence-electron chi connectivity index (χ2n) is 27.4. The third-order valence-corrected chi connectivity index (χ3v) is 18.2. The second kappa shape index (κ2) is 41.0. The van der Waals surface area contributed by atoms with E-state index in [1.54, 1.807) is 56.5 Å². The van der Waals surface area contributed by atoms with Gasteiger partial charge in [-0.05, 0) is 116 Å². The molecular formula is C77H96F2N14O18. The first-order chi connectivity index (χ1) is 52.5. The van der Waals surface area contributed by atoms with Crippen LogP contribution in [0, 0.1) is 18.6 Å². The van der Waals surface area contributed by atoms with Crippen molar-refractivity contribution in [3.8, 4) is 28.0 Å². The van der Waals surface area contributed by atoms with Crippen LogP contribution in [0.15, 0.2) is 122 Å². The van der Waals surface area contributed by atoms with Crippen LogP contribution in [0.1, 0.15) is 107 Å². The van der Waals surface area contributed by atoms with Crippen molar-refractivity contribution in [3.63, 3.8) is 0 Å². The molecule has 596 valence electrons. The van der Waals surface area contributed by atoms with Crippen LogP contribution in [0.5, 0.6) is 5.75 Å². The number of rotatable bonds is 42. The Bertz CT molecular complexity index is 4300. The first-order valence-corrected chi connectivity index (χ1v) is 35.6. The summed E-state index contributed by atoms with van der Waals surface area (Å²) >= 11 is 0. The van der Waals surface area contributed by atoms with Gasteiger partial charge in [0.05, 0.1) is 51.6 Å². The number of hydrogen-bond donors (Lipinski definition) is 17. The van der Waals surface area contributed by atoms with Gasteiger partial charge in [0, 0.05) is 43.1 Å². The van der Waals surface area contributed by atoms with E-state index in [4.69, 9.17) is 16.2 Å². The number of amides is 11. The Morgan fingerprint density at radius 1 is 0.604 bits per heavy atom. The lowest BCUT2D eigenvalue weighted by Gasteiger charge is -2.34. The van der Waals surface area contributed by atoms with Crippen LogP contribution in [-0.2, 0) is 94.4 Å². The van der Waals surface area contributed by atoms with Crippen LogP contribution >= 0.6 is 0 Å². The molecule has 0 spiro atoms. The van der Waals surface area contributed by atoms with Gasteiger partial charge in [0.1, 0.15) is 70.8 Å². The molecule has 1 aromatic heterocycles. The van der Waals surface area contributed by atoms with Crippen LogP contribution in [0.2, 0.25) is 0 Å². The average Bonchev–Trinajstić information content (AvgIpc) is 1.09. The van der Waals surface area contributed by atoms with Crippen molar-refractivity contribution in [1.82, 2.24) is 63.1 Å².